The van der Waals surface area contributed by atoms with Gasteiger partial charge in [-0.1, -0.05) is 6.07 Å². The average molecular weight is 418 g/mol. The van der Waals surface area contributed by atoms with E-state index >= 15 is 0 Å². The first kappa shape index (κ1) is 22.2. The number of aromatic nitrogens is 3. The normalized spacial score (nSPS) is 15.4. The summed E-state index contributed by atoms with van der Waals surface area (Å²) in [6.07, 6.45) is 0.791. The highest BCUT2D eigenvalue weighted by Gasteiger charge is 2.10. The van der Waals surface area contributed by atoms with Crippen LogP contribution in [0.25, 0.3) is 0 Å². The highest BCUT2D eigenvalue weighted by Crippen LogP contribution is 2.10. The van der Waals surface area contributed by atoms with Crippen LogP contribution in [0.15, 0.2) is 23.2 Å². The standard InChI is InChI=1S/C21H32FN7O/c1-16-14-19(22)5-4-18(16)6-7-23-21(24-8-9-29-10-12-30-13-11-29)25-15-20-27-26-17(2)28(20)3/h4-5,14H,6-13,15H2,1-3H3,(H2,23,24,25). The Morgan fingerprint density at radius 2 is 1.93 bits per heavy atom. The maximum Gasteiger partial charge on any atom is 0.191 e. The molecule has 0 amide bonds. The summed E-state index contributed by atoms with van der Waals surface area (Å²) in [6, 6.07) is 4.92. The van der Waals surface area contributed by atoms with E-state index in [0.29, 0.717) is 13.1 Å². The molecule has 1 aliphatic heterocycles. The zero-order chi connectivity index (χ0) is 21.3. The minimum Gasteiger partial charge on any atom is -0.379 e. The van der Waals surface area contributed by atoms with Crippen LogP contribution >= 0.6 is 0 Å². The monoisotopic (exact) mass is 417 g/mol. The molecule has 0 saturated carbocycles. The van der Waals surface area contributed by atoms with Crippen molar-refractivity contribution in [3.63, 3.8) is 0 Å². The molecule has 0 aliphatic carbocycles. The number of hydrogen-bond donors (Lipinski definition) is 2. The van der Waals surface area contributed by atoms with Gasteiger partial charge in [-0.3, -0.25) is 4.90 Å². The summed E-state index contributed by atoms with van der Waals surface area (Å²) in [7, 11) is 1.94. The van der Waals surface area contributed by atoms with Gasteiger partial charge in [0.2, 0.25) is 0 Å². The Labute approximate surface area is 177 Å². The maximum absolute atomic E-state index is 13.3. The van der Waals surface area contributed by atoms with Crippen LogP contribution in [0.2, 0.25) is 0 Å². The predicted octanol–water partition coefficient (Wildman–Crippen LogP) is 1.18. The molecule has 2 aromatic rings. The Hall–Kier alpha value is -2.52. The molecule has 8 nitrogen and oxygen atoms in total. The van der Waals surface area contributed by atoms with Gasteiger partial charge in [-0.25, -0.2) is 9.38 Å². The van der Waals surface area contributed by atoms with Crippen LogP contribution in [0, 0.1) is 19.7 Å². The molecular formula is C21H32FN7O. The average Bonchev–Trinajstić information content (AvgIpc) is 3.06. The second kappa shape index (κ2) is 11.0. The molecule has 1 aromatic heterocycles. The van der Waals surface area contributed by atoms with Gasteiger partial charge in [0.1, 0.15) is 18.2 Å². The number of aryl methyl sites for hydroxylation is 2. The Morgan fingerprint density at radius 1 is 1.17 bits per heavy atom. The highest BCUT2D eigenvalue weighted by atomic mass is 19.1. The number of halogens is 1. The molecule has 1 fully saturated rings. The molecule has 3 rings (SSSR count). The van der Waals surface area contributed by atoms with Crippen molar-refractivity contribution >= 4 is 5.96 Å². The first-order valence-corrected chi connectivity index (χ1v) is 10.4. The van der Waals surface area contributed by atoms with Crippen molar-refractivity contribution in [2.75, 3.05) is 45.9 Å². The Balaban J connectivity index is 1.55. The molecule has 0 radical (unpaired) electrons. The maximum atomic E-state index is 13.3. The van der Waals surface area contributed by atoms with Gasteiger partial charge in [0, 0.05) is 39.8 Å². The molecule has 30 heavy (non-hydrogen) atoms. The van der Waals surface area contributed by atoms with Gasteiger partial charge in [-0.05, 0) is 43.5 Å². The zero-order valence-corrected chi connectivity index (χ0v) is 18.1. The molecule has 0 unspecified atom stereocenters. The van der Waals surface area contributed by atoms with Crippen LogP contribution in [0.5, 0.6) is 0 Å². The minimum absolute atomic E-state index is 0.199. The van der Waals surface area contributed by atoms with Gasteiger partial charge in [0.25, 0.3) is 0 Å². The third-order valence-corrected chi connectivity index (χ3v) is 5.38. The summed E-state index contributed by atoms with van der Waals surface area (Å²) in [5, 5.41) is 15.1. The first-order valence-electron chi connectivity index (χ1n) is 10.4. The van der Waals surface area contributed by atoms with E-state index in [4.69, 9.17) is 4.74 Å². The van der Waals surface area contributed by atoms with E-state index in [9.17, 15) is 4.39 Å². The molecule has 1 saturated heterocycles. The highest BCUT2D eigenvalue weighted by molar-refractivity contribution is 5.79. The summed E-state index contributed by atoms with van der Waals surface area (Å²) < 4.78 is 20.7. The lowest BCUT2D eigenvalue weighted by Crippen LogP contribution is -2.44. The number of morpholine rings is 1. The third-order valence-electron chi connectivity index (χ3n) is 5.38. The van der Waals surface area contributed by atoms with Crippen LogP contribution < -0.4 is 10.6 Å². The van der Waals surface area contributed by atoms with Crippen molar-refractivity contribution in [1.82, 2.24) is 30.3 Å². The van der Waals surface area contributed by atoms with Crippen LogP contribution in [0.1, 0.15) is 22.8 Å². The summed E-state index contributed by atoms with van der Waals surface area (Å²) >= 11 is 0. The number of benzene rings is 1. The number of ether oxygens (including phenoxy) is 1. The molecule has 9 heteroatoms. The van der Waals surface area contributed by atoms with Gasteiger partial charge in [0.05, 0.1) is 13.2 Å². The molecule has 2 N–H and O–H groups in total. The number of guanidine groups is 1. The van der Waals surface area contributed by atoms with Crippen LogP contribution in [0.4, 0.5) is 4.39 Å². The lowest BCUT2D eigenvalue weighted by atomic mass is 10.1. The molecule has 1 aromatic carbocycles. The lowest BCUT2D eigenvalue weighted by Gasteiger charge is -2.26. The second-order valence-electron chi connectivity index (χ2n) is 7.52. The molecule has 2 heterocycles. The fraction of sp³-hybridized carbons (Fsp3) is 0.571. The topological polar surface area (TPSA) is 79.6 Å². The predicted molar refractivity (Wildman–Crippen MR) is 115 cm³/mol. The van der Waals surface area contributed by atoms with Crippen molar-refractivity contribution in [1.29, 1.82) is 0 Å². The number of nitrogens with one attached hydrogen (secondary N) is 2. The smallest absolute Gasteiger partial charge is 0.191 e. The van der Waals surface area contributed by atoms with Gasteiger partial charge < -0.3 is 19.9 Å². The lowest BCUT2D eigenvalue weighted by molar-refractivity contribution is 0.0389. The summed E-state index contributed by atoms with van der Waals surface area (Å²) in [6.45, 7) is 10.2. The minimum atomic E-state index is -0.199. The van der Waals surface area contributed by atoms with Crippen molar-refractivity contribution in [3.8, 4) is 0 Å². The first-order chi connectivity index (χ1) is 14.5. The van der Waals surface area contributed by atoms with Gasteiger partial charge in [-0.2, -0.15) is 0 Å². The van der Waals surface area contributed by atoms with Crippen molar-refractivity contribution in [2.45, 2.75) is 26.8 Å². The molecule has 164 valence electrons. The van der Waals surface area contributed by atoms with Crippen LogP contribution in [0.3, 0.4) is 0 Å². The molecule has 0 atom stereocenters. The number of hydrogen-bond acceptors (Lipinski definition) is 5. The molecular weight excluding hydrogens is 385 g/mol. The third kappa shape index (κ3) is 6.50. The fourth-order valence-electron chi connectivity index (χ4n) is 3.33. The van der Waals surface area contributed by atoms with Crippen LogP contribution in [-0.4, -0.2) is 71.6 Å². The molecule has 0 spiro atoms. The van der Waals surface area contributed by atoms with Crippen molar-refractivity contribution in [2.24, 2.45) is 12.0 Å². The Kier molecular flexibility index (Phi) is 8.15. The Morgan fingerprint density at radius 3 is 2.63 bits per heavy atom. The molecule has 0 bridgehead atoms. The van der Waals surface area contributed by atoms with Gasteiger partial charge in [0.15, 0.2) is 11.8 Å². The summed E-state index contributed by atoms with van der Waals surface area (Å²) in [4.78, 5) is 7.06. The summed E-state index contributed by atoms with van der Waals surface area (Å²) in [5.41, 5.74) is 2.09. The fourth-order valence-corrected chi connectivity index (χ4v) is 3.33. The van der Waals surface area contributed by atoms with E-state index < -0.39 is 0 Å². The van der Waals surface area contributed by atoms with E-state index in [1.54, 1.807) is 6.07 Å². The van der Waals surface area contributed by atoms with Crippen LogP contribution in [-0.2, 0) is 24.8 Å². The number of nitrogens with zero attached hydrogens (tertiary/aromatic N) is 5. The SMILES string of the molecule is Cc1cc(F)ccc1CCNC(=NCc1nnc(C)n1C)NCCN1CCOCC1. The largest absolute Gasteiger partial charge is 0.379 e. The number of rotatable bonds is 8. The van der Waals surface area contributed by atoms with Gasteiger partial charge >= 0.3 is 0 Å². The quantitative estimate of drug-likeness (QED) is 0.496. The van der Waals surface area contributed by atoms with E-state index in [-0.39, 0.29) is 5.82 Å². The second-order valence-corrected chi connectivity index (χ2v) is 7.52. The Bertz CT molecular complexity index is 846. The van der Waals surface area contributed by atoms with E-state index in [0.717, 1.165) is 74.5 Å². The van der Waals surface area contributed by atoms with Crippen molar-refractivity contribution < 1.29 is 9.13 Å². The van der Waals surface area contributed by atoms with Crippen molar-refractivity contribution in [3.05, 3.63) is 46.8 Å². The van der Waals surface area contributed by atoms with E-state index in [1.807, 2.05) is 31.5 Å². The van der Waals surface area contributed by atoms with E-state index in [1.165, 1.54) is 6.07 Å². The summed E-state index contributed by atoms with van der Waals surface area (Å²) in [5.74, 6) is 2.22. The van der Waals surface area contributed by atoms with Gasteiger partial charge in [-0.15, -0.1) is 10.2 Å². The van der Waals surface area contributed by atoms with E-state index in [2.05, 4.69) is 30.7 Å². The number of aliphatic imine (C=N–C) groups is 1. The molecule has 1 aliphatic rings. The zero-order valence-electron chi connectivity index (χ0n) is 18.1.